The summed E-state index contributed by atoms with van der Waals surface area (Å²) in [4.78, 5) is 26.1. The number of ether oxygens (including phenoxy) is 1. The summed E-state index contributed by atoms with van der Waals surface area (Å²) < 4.78 is 5.25. The molecule has 0 bridgehead atoms. The van der Waals surface area contributed by atoms with E-state index in [2.05, 4.69) is 5.32 Å². The number of aryl methyl sites for hydroxylation is 1. The Labute approximate surface area is 181 Å². The second-order valence-electron chi connectivity index (χ2n) is 7.83. The topological polar surface area (TPSA) is 78.9 Å². The van der Waals surface area contributed by atoms with E-state index in [9.17, 15) is 9.59 Å². The Bertz CT molecular complexity index is 1110. The van der Waals surface area contributed by atoms with Gasteiger partial charge in [-0.1, -0.05) is 54.1 Å². The van der Waals surface area contributed by atoms with Crippen LogP contribution in [0.25, 0.3) is 0 Å². The maximum atomic E-state index is 13.5. The van der Waals surface area contributed by atoms with Crippen molar-refractivity contribution in [3.05, 3.63) is 95.1 Å². The van der Waals surface area contributed by atoms with E-state index in [1.54, 1.807) is 12.1 Å². The number of nitrogens with one attached hydrogen (secondary N) is 1. The molecule has 6 heteroatoms. The number of hydrogen-bond acceptors (Lipinski definition) is 4. The van der Waals surface area contributed by atoms with Crippen molar-refractivity contribution in [2.75, 3.05) is 11.9 Å². The van der Waals surface area contributed by atoms with Crippen LogP contribution in [-0.4, -0.2) is 28.5 Å². The Kier molecular flexibility index (Phi) is 5.38. The number of carboxylic acid groups (broad SMARTS) is 1. The zero-order valence-corrected chi connectivity index (χ0v) is 17.5. The van der Waals surface area contributed by atoms with Gasteiger partial charge in [-0.15, -0.1) is 0 Å². The molecule has 0 unspecified atom stereocenters. The van der Waals surface area contributed by atoms with Gasteiger partial charge in [0.25, 0.3) is 5.91 Å². The largest absolute Gasteiger partial charge is 0.482 e. The van der Waals surface area contributed by atoms with Gasteiger partial charge in [-0.05, 0) is 49.2 Å². The molecule has 158 valence electrons. The summed E-state index contributed by atoms with van der Waals surface area (Å²) in [6.07, 6.45) is 0. The minimum absolute atomic E-state index is 0.0522. The first-order valence-corrected chi connectivity index (χ1v) is 10.1. The van der Waals surface area contributed by atoms with Crippen molar-refractivity contribution in [3.8, 4) is 5.75 Å². The van der Waals surface area contributed by atoms with Gasteiger partial charge in [-0.3, -0.25) is 4.79 Å². The Morgan fingerprint density at radius 3 is 2.39 bits per heavy atom. The smallest absolute Gasteiger partial charge is 0.341 e. The molecule has 0 aliphatic carbocycles. The number of benzene rings is 3. The van der Waals surface area contributed by atoms with Crippen LogP contribution in [0.1, 0.15) is 34.0 Å². The Morgan fingerprint density at radius 2 is 1.71 bits per heavy atom. The van der Waals surface area contributed by atoms with Gasteiger partial charge in [0.2, 0.25) is 0 Å². The van der Waals surface area contributed by atoms with E-state index in [0.717, 1.165) is 22.4 Å². The third-order valence-electron chi connectivity index (χ3n) is 5.56. The van der Waals surface area contributed by atoms with Crippen LogP contribution in [0.3, 0.4) is 0 Å². The summed E-state index contributed by atoms with van der Waals surface area (Å²) in [6, 6.07) is 22.8. The van der Waals surface area contributed by atoms with E-state index in [0.29, 0.717) is 17.9 Å². The average Bonchev–Trinajstić information content (AvgIpc) is 2.77. The molecule has 1 heterocycles. The molecule has 0 fully saturated rings. The maximum absolute atomic E-state index is 13.5. The van der Waals surface area contributed by atoms with Crippen LogP contribution in [0.2, 0.25) is 0 Å². The molecular weight excluding hydrogens is 392 g/mol. The molecule has 3 aromatic carbocycles. The minimum Gasteiger partial charge on any atom is -0.482 e. The summed E-state index contributed by atoms with van der Waals surface area (Å²) in [6.45, 7) is 4.04. The number of carbonyl (C=O) groups excluding carboxylic acids is 1. The predicted octanol–water partition coefficient (Wildman–Crippen LogP) is 4.40. The minimum atomic E-state index is -1.03. The van der Waals surface area contributed by atoms with Crippen molar-refractivity contribution >= 4 is 17.6 Å². The van der Waals surface area contributed by atoms with Crippen molar-refractivity contribution in [3.63, 3.8) is 0 Å². The number of amides is 1. The Hall–Kier alpha value is -3.80. The molecule has 0 radical (unpaired) electrons. The standard InChI is InChI=1S/C25H24N2O4/c1-17-7-9-18(10-8-17)15-27-24(30)21-5-3-4-6-22(21)26-25(27,2)19-11-13-20(14-12-19)31-16-23(28)29/h3-14,26H,15-16H2,1-2H3,(H,28,29)/t25-/m0/s1. The van der Waals surface area contributed by atoms with Crippen molar-refractivity contribution in [1.82, 2.24) is 4.90 Å². The molecule has 3 aromatic rings. The van der Waals surface area contributed by atoms with Gasteiger partial charge in [0.15, 0.2) is 6.61 Å². The molecule has 0 saturated heterocycles. The number of fused-ring (bicyclic) bond motifs is 1. The van der Waals surface area contributed by atoms with Crippen LogP contribution in [0.5, 0.6) is 5.75 Å². The molecule has 2 N–H and O–H groups in total. The number of hydrogen-bond donors (Lipinski definition) is 2. The van der Waals surface area contributed by atoms with E-state index >= 15 is 0 Å². The number of carbonyl (C=O) groups is 2. The van der Waals surface area contributed by atoms with E-state index in [1.165, 1.54) is 0 Å². The van der Waals surface area contributed by atoms with Crippen LogP contribution in [0.4, 0.5) is 5.69 Å². The first-order chi connectivity index (χ1) is 14.9. The average molecular weight is 416 g/mol. The van der Waals surface area contributed by atoms with Crippen LogP contribution in [0, 0.1) is 6.92 Å². The first kappa shape index (κ1) is 20.5. The van der Waals surface area contributed by atoms with Gasteiger partial charge < -0.3 is 20.1 Å². The van der Waals surface area contributed by atoms with Crippen LogP contribution < -0.4 is 10.1 Å². The lowest BCUT2D eigenvalue weighted by Gasteiger charge is -2.47. The van der Waals surface area contributed by atoms with Gasteiger partial charge in [-0.2, -0.15) is 0 Å². The molecule has 6 nitrogen and oxygen atoms in total. The number of para-hydroxylation sites is 1. The fourth-order valence-corrected chi connectivity index (χ4v) is 3.81. The number of nitrogens with zero attached hydrogens (tertiary/aromatic N) is 1. The second kappa shape index (κ2) is 8.14. The molecule has 0 saturated carbocycles. The van der Waals surface area contributed by atoms with Gasteiger partial charge in [0.05, 0.1) is 5.56 Å². The van der Waals surface area contributed by atoms with Crippen LogP contribution >= 0.6 is 0 Å². The molecular formula is C25H24N2O4. The van der Waals surface area contributed by atoms with Crippen molar-refractivity contribution in [2.45, 2.75) is 26.1 Å². The quantitative estimate of drug-likeness (QED) is 0.623. The van der Waals surface area contributed by atoms with E-state index in [1.807, 2.05) is 79.4 Å². The lowest BCUT2D eigenvalue weighted by molar-refractivity contribution is -0.139. The SMILES string of the molecule is Cc1ccc(CN2C(=O)c3ccccc3N[C@]2(C)c2ccc(OCC(=O)O)cc2)cc1. The molecule has 0 aromatic heterocycles. The Balaban J connectivity index is 1.71. The summed E-state index contributed by atoms with van der Waals surface area (Å²) >= 11 is 0. The molecule has 0 spiro atoms. The number of rotatable bonds is 6. The third-order valence-corrected chi connectivity index (χ3v) is 5.56. The van der Waals surface area contributed by atoms with E-state index in [-0.39, 0.29) is 5.91 Å². The highest BCUT2D eigenvalue weighted by Crippen LogP contribution is 2.39. The van der Waals surface area contributed by atoms with Gasteiger partial charge in [0, 0.05) is 12.2 Å². The lowest BCUT2D eigenvalue weighted by atomic mass is 9.92. The second-order valence-corrected chi connectivity index (χ2v) is 7.83. The number of carboxylic acids is 1. The summed E-state index contributed by atoms with van der Waals surface area (Å²) in [5.74, 6) is -0.623. The molecule has 1 amide bonds. The highest BCUT2D eigenvalue weighted by atomic mass is 16.5. The van der Waals surface area contributed by atoms with Gasteiger partial charge in [-0.25, -0.2) is 4.79 Å². The highest BCUT2D eigenvalue weighted by Gasteiger charge is 2.42. The summed E-state index contributed by atoms with van der Waals surface area (Å²) in [5, 5.41) is 12.4. The van der Waals surface area contributed by atoms with Crippen LogP contribution in [-0.2, 0) is 17.0 Å². The fraction of sp³-hybridized carbons (Fsp3) is 0.200. The zero-order chi connectivity index (χ0) is 22.0. The highest BCUT2D eigenvalue weighted by molar-refractivity contribution is 6.02. The van der Waals surface area contributed by atoms with Crippen LogP contribution in [0.15, 0.2) is 72.8 Å². The monoisotopic (exact) mass is 416 g/mol. The number of aliphatic carboxylic acids is 1. The van der Waals surface area contributed by atoms with Crippen molar-refractivity contribution < 1.29 is 19.4 Å². The first-order valence-electron chi connectivity index (χ1n) is 10.1. The summed E-state index contributed by atoms with van der Waals surface area (Å²) in [5.41, 5.74) is 3.67. The third kappa shape index (κ3) is 4.10. The molecule has 31 heavy (non-hydrogen) atoms. The van der Waals surface area contributed by atoms with Crippen molar-refractivity contribution in [2.24, 2.45) is 0 Å². The summed E-state index contributed by atoms with van der Waals surface area (Å²) in [7, 11) is 0. The zero-order valence-electron chi connectivity index (χ0n) is 17.5. The van der Waals surface area contributed by atoms with E-state index < -0.39 is 18.2 Å². The molecule has 1 aliphatic heterocycles. The van der Waals surface area contributed by atoms with Crippen molar-refractivity contribution in [1.29, 1.82) is 0 Å². The maximum Gasteiger partial charge on any atom is 0.341 e. The Morgan fingerprint density at radius 1 is 1.03 bits per heavy atom. The molecule has 1 aliphatic rings. The molecule has 1 atom stereocenters. The predicted molar refractivity (Wildman–Crippen MR) is 118 cm³/mol. The normalized spacial score (nSPS) is 17.6. The van der Waals surface area contributed by atoms with Gasteiger partial charge >= 0.3 is 5.97 Å². The molecule has 4 rings (SSSR count). The number of anilines is 1. The van der Waals surface area contributed by atoms with E-state index in [4.69, 9.17) is 9.84 Å². The lowest BCUT2D eigenvalue weighted by Crippen LogP contribution is -2.55. The fourth-order valence-electron chi connectivity index (χ4n) is 3.81. The van der Waals surface area contributed by atoms with Gasteiger partial charge in [0.1, 0.15) is 11.4 Å².